The third kappa shape index (κ3) is 3.20. The molecule has 0 bridgehead atoms. The minimum absolute atomic E-state index is 0.0125. The Bertz CT molecular complexity index is 368. The van der Waals surface area contributed by atoms with Crippen molar-refractivity contribution in [1.29, 1.82) is 0 Å². The molecular formula is C12H23NO3S. The van der Waals surface area contributed by atoms with Gasteiger partial charge in [0.2, 0.25) is 10.0 Å². The van der Waals surface area contributed by atoms with Gasteiger partial charge in [0.25, 0.3) is 0 Å². The van der Waals surface area contributed by atoms with Gasteiger partial charge >= 0.3 is 0 Å². The predicted octanol–water partition coefficient (Wildman–Crippen LogP) is 1.65. The van der Waals surface area contributed by atoms with E-state index >= 15 is 0 Å². The van der Waals surface area contributed by atoms with Crippen molar-refractivity contribution >= 4 is 10.0 Å². The molecule has 2 N–H and O–H groups in total. The molecule has 1 spiro atoms. The Morgan fingerprint density at radius 3 is 2.76 bits per heavy atom. The van der Waals surface area contributed by atoms with Crippen molar-refractivity contribution < 1.29 is 13.2 Å². The molecule has 0 aromatic heterocycles. The molecule has 3 atom stereocenters. The van der Waals surface area contributed by atoms with E-state index in [9.17, 15) is 8.42 Å². The highest BCUT2D eigenvalue weighted by atomic mass is 32.2. The zero-order valence-electron chi connectivity index (χ0n) is 10.5. The van der Waals surface area contributed by atoms with Crippen molar-refractivity contribution in [2.45, 2.75) is 51.6 Å². The molecule has 1 saturated carbocycles. The summed E-state index contributed by atoms with van der Waals surface area (Å²) in [6.45, 7) is 2.97. The van der Waals surface area contributed by atoms with Gasteiger partial charge in [0.15, 0.2) is 0 Å². The van der Waals surface area contributed by atoms with Crippen LogP contribution in [0.4, 0.5) is 0 Å². The molecule has 3 unspecified atom stereocenters. The van der Waals surface area contributed by atoms with Crippen molar-refractivity contribution in [3.63, 3.8) is 0 Å². The lowest BCUT2D eigenvalue weighted by Gasteiger charge is -2.32. The maximum atomic E-state index is 11.3. The van der Waals surface area contributed by atoms with Crippen molar-refractivity contribution in [2.24, 2.45) is 16.5 Å². The summed E-state index contributed by atoms with van der Waals surface area (Å²) >= 11 is 0. The van der Waals surface area contributed by atoms with Gasteiger partial charge in [0.05, 0.1) is 11.9 Å². The van der Waals surface area contributed by atoms with Gasteiger partial charge in [-0.3, -0.25) is 0 Å². The van der Waals surface area contributed by atoms with Crippen LogP contribution in [0.2, 0.25) is 0 Å². The van der Waals surface area contributed by atoms with Crippen LogP contribution in [-0.2, 0) is 14.8 Å². The van der Waals surface area contributed by atoms with E-state index in [4.69, 9.17) is 9.88 Å². The monoisotopic (exact) mass is 261 g/mol. The van der Waals surface area contributed by atoms with Crippen molar-refractivity contribution in [2.75, 3.05) is 12.4 Å². The smallest absolute Gasteiger partial charge is 0.211 e. The second-order valence-electron chi connectivity index (χ2n) is 5.84. The van der Waals surface area contributed by atoms with E-state index in [2.05, 4.69) is 6.92 Å². The summed E-state index contributed by atoms with van der Waals surface area (Å²) in [5.74, 6) is 0.742. The van der Waals surface area contributed by atoms with E-state index in [1.54, 1.807) is 0 Å². The van der Waals surface area contributed by atoms with Crippen molar-refractivity contribution in [1.82, 2.24) is 0 Å². The molecular weight excluding hydrogens is 238 g/mol. The molecule has 1 saturated heterocycles. The molecule has 4 nitrogen and oxygen atoms in total. The van der Waals surface area contributed by atoms with E-state index < -0.39 is 10.0 Å². The van der Waals surface area contributed by atoms with Crippen molar-refractivity contribution in [3.8, 4) is 0 Å². The van der Waals surface area contributed by atoms with Crippen LogP contribution in [-0.4, -0.2) is 26.9 Å². The van der Waals surface area contributed by atoms with Crippen LogP contribution in [0.15, 0.2) is 0 Å². The van der Waals surface area contributed by atoms with Gasteiger partial charge in [0, 0.05) is 6.61 Å². The number of nitrogens with two attached hydrogens (primary N) is 1. The molecule has 1 aliphatic heterocycles. The third-order valence-corrected chi connectivity index (χ3v) is 5.26. The molecule has 2 rings (SSSR count). The van der Waals surface area contributed by atoms with E-state index in [0.717, 1.165) is 25.2 Å². The van der Waals surface area contributed by atoms with Gasteiger partial charge < -0.3 is 4.74 Å². The fourth-order valence-electron chi connectivity index (χ4n) is 3.36. The zero-order valence-corrected chi connectivity index (χ0v) is 11.3. The lowest BCUT2D eigenvalue weighted by atomic mass is 9.75. The molecule has 2 fully saturated rings. The van der Waals surface area contributed by atoms with Crippen LogP contribution >= 0.6 is 0 Å². The second-order valence-corrected chi connectivity index (χ2v) is 7.50. The number of primary sulfonamides is 1. The number of hydrogen-bond acceptors (Lipinski definition) is 3. The molecule has 17 heavy (non-hydrogen) atoms. The average molecular weight is 261 g/mol. The zero-order chi connectivity index (χ0) is 12.5. The molecule has 0 aromatic carbocycles. The fourth-order valence-corrected chi connectivity index (χ4v) is 4.23. The quantitative estimate of drug-likeness (QED) is 0.821. The largest absolute Gasteiger partial charge is 0.377 e. The molecule has 1 heterocycles. The highest BCUT2D eigenvalue weighted by Gasteiger charge is 2.45. The average Bonchev–Trinajstić information content (AvgIpc) is 2.45. The molecule has 1 aliphatic carbocycles. The van der Waals surface area contributed by atoms with Gasteiger partial charge in [-0.2, -0.15) is 0 Å². The lowest BCUT2D eigenvalue weighted by Crippen LogP contribution is -2.38. The Morgan fingerprint density at radius 2 is 2.06 bits per heavy atom. The van der Waals surface area contributed by atoms with Crippen LogP contribution in [0.3, 0.4) is 0 Å². The van der Waals surface area contributed by atoms with Gasteiger partial charge in [0.1, 0.15) is 0 Å². The number of hydrogen-bond donors (Lipinski definition) is 1. The summed E-state index contributed by atoms with van der Waals surface area (Å²) in [5.41, 5.74) is 0.0806. The van der Waals surface area contributed by atoms with E-state index in [0.29, 0.717) is 6.61 Å². The standard InChI is InChI=1S/C12H23NO3S/c1-10-3-2-5-12(6-4-10)7-8-16-11(12)9-17(13,14)15/h10-11H,2-9H2,1H3,(H2,13,14,15). The summed E-state index contributed by atoms with van der Waals surface area (Å²) in [4.78, 5) is 0. The Morgan fingerprint density at radius 1 is 1.29 bits per heavy atom. The molecule has 2 aliphatic rings. The van der Waals surface area contributed by atoms with Gasteiger partial charge in [-0.1, -0.05) is 26.2 Å². The van der Waals surface area contributed by atoms with Crippen LogP contribution in [0.25, 0.3) is 0 Å². The van der Waals surface area contributed by atoms with Gasteiger partial charge in [-0.15, -0.1) is 0 Å². The molecule has 0 amide bonds. The number of ether oxygens (including phenoxy) is 1. The maximum absolute atomic E-state index is 11.3. The third-order valence-electron chi connectivity index (χ3n) is 4.49. The first-order valence-corrected chi connectivity index (χ1v) is 8.25. The van der Waals surface area contributed by atoms with Gasteiger partial charge in [-0.05, 0) is 30.6 Å². The van der Waals surface area contributed by atoms with E-state index in [1.165, 1.54) is 19.3 Å². The van der Waals surface area contributed by atoms with Crippen LogP contribution in [0.1, 0.15) is 45.4 Å². The summed E-state index contributed by atoms with van der Waals surface area (Å²) in [6, 6.07) is 0. The van der Waals surface area contributed by atoms with E-state index in [-0.39, 0.29) is 17.3 Å². The Balaban J connectivity index is 2.11. The van der Waals surface area contributed by atoms with E-state index in [1.807, 2.05) is 0 Å². The topological polar surface area (TPSA) is 69.4 Å². The Labute approximate surface area is 104 Å². The minimum Gasteiger partial charge on any atom is -0.377 e. The number of sulfonamides is 1. The van der Waals surface area contributed by atoms with Crippen molar-refractivity contribution in [3.05, 3.63) is 0 Å². The molecule has 5 heteroatoms. The van der Waals surface area contributed by atoms with Crippen LogP contribution in [0.5, 0.6) is 0 Å². The minimum atomic E-state index is -3.43. The molecule has 0 radical (unpaired) electrons. The van der Waals surface area contributed by atoms with Crippen LogP contribution in [0, 0.1) is 11.3 Å². The SMILES string of the molecule is CC1CCCC2(CCOC2CS(N)(=O)=O)CC1. The highest BCUT2D eigenvalue weighted by Crippen LogP contribution is 2.47. The van der Waals surface area contributed by atoms with Gasteiger partial charge in [-0.25, -0.2) is 13.6 Å². The Hall–Kier alpha value is -0.130. The normalized spacial score (nSPS) is 39.4. The predicted molar refractivity (Wildman–Crippen MR) is 67.0 cm³/mol. The summed E-state index contributed by atoms with van der Waals surface area (Å²) < 4.78 is 28.2. The maximum Gasteiger partial charge on any atom is 0.211 e. The second kappa shape index (κ2) is 4.86. The molecule has 0 aromatic rings. The lowest BCUT2D eigenvalue weighted by molar-refractivity contribution is 0.0570. The Kier molecular flexibility index (Phi) is 3.80. The summed E-state index contributed by atoms with van der Waals surface area (Å²) in [5, 5.41) is 5.16. The first-order chi connectivity index (χ1) is 7.91. The summed E-state index contributed by atoms with van der Waals surface area (Å²) in [6.07, 6.45) is 6.63. The molecule has 100 valence electrons. The number of rotatable bonds is 2. The first-order valence-electron chi connectivity index (χ1n) is 6.53. The fraction of sp³-hybridized carbons (Fsp3) is 1.00. The van der Waals surface area contributed by atoms with Crippen LogP contribution < -0.4 is 5.14 Å². The first kappa shape index (κ1) is 13.3. The summed E-state index contributed by atoms with van der Waals surface area (Å²) in [7, 11) is -3.43. The highest BCUT2D eigenvalue weighted by molar-refractivity contribution is 7.89.